The van der Waals surface area contributed by atoms with Gasteiger partial charge in [-0.3, -0.25) is 9.13 Å². The van der Waals surface area contributed by atoms with Crippen molar-refractivity contribution in [2.45, 2.75) is 17.9 Å². The van der Waals surface area contributed by atoms with Crippen molar-refractivity contribution in [3.05, 3.63) is 40.5 Å². The van der Waals surface area contributed by atoms with Crippen molar-refractivity contribution in [2.75, 3.05) is 19.8 Å². The maximum absolute atomic E-state index is 13.3. The Balaban J connectivity index is 1.80. The van der Waals surface area contributed by atoms with Crippen LogP contribution in [0.4, 0.5) is 0 Å². The van der Waals surface area contributed by atoms with Gasteiger partial charge in [0.25, 0.3) is 0 Å². The van der Waals surface area contributed by atoms with Crippen LogP contribution in [0.25, 0.3) is 11.0 Å². The molecule has 0 aliphatic carbocycles. The molecule has 11 heteroatoms. The van der Waals surface area contributed by atoms with Crippen LogP contribution in [-0.4, -0.2) is 51.8 Å². The summed E-state index contributed by atoms with van der Waals surface area (Å²) in [5.41, 5.74) is 0.986. The quantitative estimate of drug-likeness (QED) is 0.630. The average molecular weight is 393 g/mol. The highest BCUT2D eigenvalue weighted by molar-refractivity contribution is 7.89. The number of fused-ring (bicyclic) bond motifs is 1. The predicted molar refractivity (Wildman–Crippen MR) is 94.6 cm³/mol. The van der Waals surface area contributed by atoms with E-state index in [4.69, 9.17) is 9.15 Å². The molecule has 144 valence electrons. The van der Waals surface area contributed by atoms with E-state index in [0.717, 1.165) is 0 Å². The zero-order chi connectivity index (χ0) is 19.3. The summed E-state index contributed by atoms with van der Waals surface area (Å²) in [6.07, 6.45) is 0. The van der Waals surface area contributed by atoms with Crippen LogP contribution < -0.4 is 5.69 Å². The number of hydrogen-bond acceptors (Lipinski definition) is 7. The van der Waals surface area contributed by atoms with Gasteiger partial charge < -0.3 is 9.15 Å². The highest BCUT2D eigenvalue weighted by Crippen LogP contribution is 2.30. The molecule has 1 aliphatic rings. The summed E-state index contributed by atoms with van der Waals surface area (Å²) >= 11 is 0. The van der Waals surface area contributed by atoms with Crippen LogP contribution in [0, 0.1) is 6.92 Å². The number of nitrogens with zero attached hydrogens (tertiary/aromatic N) is 5. The zero-order valence-electron chi connectivity index (χ0n) is 15.1. The lowest BCUT2D eigenvalue weighted by Gasteiger charge is -2.32. The van der Waals surface area contributed by atoms with E-state index < -0.39 is 16.1 Å². The fraction of sp³-hybridized carbons (Fsp3) is 0.438. The first kappa shape index (κ1) is 17.9. The lowest BCUT2D eigenvalue weighted by Crippen LogP contribution is -2.43. The second-order valence-corrected chi connectivity index (χ2v) is 8.31. The van der Waals surface area contributed by atoms with Crippen molar-refractivity contribution in [3.8, 4) is 0 Å². The van der Waals surface area contributed by atoms with Gasteiger partial charge in [0, 0.05) is 27.6 Å². The summed E-state index contributed by atoms with van der Waals surface area (Å²) in [5, 5.41) is 7.74. The minimum atomic E-state index is -3.86. The minimum absolute atomic E-state index is 0.0966. The van der Waals surface area contributed by atoms with Crippen LogP contribution in [0.15, 0.2) is 32.3 Å². The summed E-state index contributed by atoms with van der Waals surface area (Å²) in [5.74, 6) is 0.553. The third-order valence-electron chi connectivity index (χ3n) is 4.76. The number of sulfonamides is 1. The molecule has 0 N–H and O–H groups in total. The Morgan fingerprint density at radius 2 is 1.89 bits per heavy atom. The van der Waals surface area contributed by atoms with Crippen molar-refractivity contribution in [1.29, 1.82) is 0 Å². The largest absolute Gasteiger partial charge is 0.424 e. The first-order valence-corrected chi connectivity index (χ1v) is 9.80. The van der Waals surface area contributed by atoms with E-state index in [-0.39, 0.29) is 36.2 Å². The van der Waals surface area contributed by atoms with E-state index in [1.54, 1.807) is 27.1 Å². The van der Waals surface area contributed by atoms with E-state index in [1.165, 1.54) is 25.6 Å². The number of morpholine rings is 1. The molecule has 1 fully saturated rings. The molecule has 3 heterocycles. The van der Waals surface area contributed by atoms with E-state index in [2.05, 4.69) is 10.2 Å². The number of benzene rings is 1. The van der Waals surface area contributed by atoms with E-state index >= 15 is 0 Å². The van der Waals surface area contributed by atoms with Gasteiger partial charge in [0.15, 0.2) is 0 Å². The fourth-order valence-electron chi connectivity index (χ4n) is 3.30. The van der Waals surface area contributed by atoms with Gasteiger partial charge in [0.05, 0.1) is 29.1 Å². The molecule has 0 unspecified atom stereocenters. The van der Waals surface area contributed by atoms with Gasteiger partial charge in [-0.05, 0) is 18.2 Å². The zero-order valence-corrected chi connectivity index (χ0v) is 15.9. The van der Waals surface area contributed by atoms with Gasteiger partial charge in [0.1, 0.15) is 6.04 Å². The third-order valence-corrected chi connectivity index (χ3v) is 6.66. The summed E-state index contributed by atoms with van der Waals surface area (Å²) in [6, 6.07) is 3.95. The predicted octanol–water partition coefficient (Wildman–Crippen LogP) is 0.331. The van der Waals surface area contributed by atoms with Crippen LogP contribution in [0.1, 0.15) is 17.8 Å². The van der Waals surface area contributed by atoms with E-state index in [0.29, 0.717) is 16.9 Å². The second-order valence-electron chi connectivity index (χ2n) is 6.42. The maximum Gasteiger partial charge on any atom is 0.328 e. The molecule has 2 aromatic heterocycles. The topological polar surface area (TPSA) is 112 Å². The van der Waals surface area contributed by atoms with Crippen molar-refractivity contribution < 1.29 is 17.6 Å². The molecule has 1 atom stereocenters. The Bertz CT molecular complexity index is 1180. The highest BCUT2D eigenvalue weighted by atomic mass is 32.2. The van der Waals surface area contributed by atoms with Crippen molar-refractivity contribution in [2.24, 2.45) is 14.1 Å². The molecule has 0 radical (unpaired) electrons. The lowest BCUT2D eigenvalue weighted by molar-refractivity contribution is 0.0221. The van der Waals surface area contributed by atoms with Gasteiger partial charge >= 0.3 is 5.69 Å². The number of hydrogen-bond donors (Lipinski definition) is 0. The number of aryl methyl sites for hydroxylation is 3. The Hall–Kier alpha value is -2.50. The molecule has 10 nitrogen and oxygen atoms in total. The maximum atomic E-state index is 13.3. The summed E-state index contributed by atoms with van der Waals surface area (Å²) < 4.78 is 41.7. The van der Waals surface area contributed by atoms with Gasteiger partial charge in [-0.2, -0.15) is 4.31 Å². The van der Waals surface area contributed by atoms with E-state index in [1.807, 2.05) is 0 Å². The summed E-state index contributed by atoms with van der Waals surface area (Å²) in [6.45, 7) is 2.21. The molecule has 0 amide bonds. The van der Waals surface area contributed by atoms with Crippen LogP contribution in [-0.2, 0) is 28.9 Å². The first-order valence-electron chi connectivity index (χ1n) is 8.36. The highest BCUT2D eigenvalue weighted by Gasteiger charge is 2.38. The van der Waals surface area contributed by atoms with Gasteiger partial charge in [-0.25, -0.2) is 13.2 Å². The van der Waals surface area contributed by atoms with E-state index in [9.17, 15) is 13.2 Å². The van der Waals surface area contributed by atoms with Gasteiger partial charge in [0.2, 0.25) is 21.8 Å². The molecular formula is C16H19N5O5S. The molecule has 1 saturated heterocycles. The molecule has 4 rings (SSSR count). The SMILES string of the molecule is Cc1nnc([C@H]2COCCN2S(=O)(=O)c2ccc3c(c2)n(C)c(=O)n3C)o1. The number of aromatic nitrogens is 4. The van der Waals surface area contributed by atoms with Crippen LogP contribution >= 0.6 is 0 Å². The van der Waals surface area contributed by atoms with Crippen LogP contribution in [0.5, 0.6) is 0 Å². The van der Waals surface area contributed by atoms with Crippen molar-refractivity contribution in [3.63, 3.8) is 0 Å². The molecule has 1 aromatic carbocycles. The molecular weight excluding hydrogens is 374 g/mol. The Morgan fingerprint density at radius 3 is 2.59 bits per heavy atom. The molecule has 1 aliphatic heterocycles. The molecule has 0 spiro atoms. The van der Waals surface area contributed by atoms with Crippen molar-refractivity contribution >= 4 is 21.1 Å². The standard InChI is InChI=1S/C16H19N5O5S/c1-10-17-18-15(26-10)14-9-25-7-6-21(14)27(23,24)11-4-5-12-13(8-11)20(3)16(22)19(12)2/h4-5,8,14H,6-7,9H2,1-3H3/t14-/m1/s1. The Labute approximate surface area is 155 Å². The molecule has 27 heavy (non-hydrogen) atoms. The fourth-order valence-corrected chi connectivity index (χ4v) is 4.87. The lowest BCUT2D eigenvalue weighted by atomic mass is 10.3. The summed E-state index contributed by atoms with van der Waals surface area (Å²) in [7, 11) is -0.602. The monoisotopic (exact) mass is 393 g/mol. The van der Waals surface area contributed by atoms with Gasteiger partial charge in [-0.1, -0.05) is 0 Å². The number of imidazole rings is 1. The first-order chi connectivity index (χ1) is 12.8. The van der Waals surface area contributed by atoms with Gasteiger partial charge in [-0.15, -0.1) is 10.2 Å². The van der Waals surface area contributed by atoms with Crippen LogP contribution in [0.3, 0.4) is 0 Å². The molecule has 0 saturated carbocycles. The normalized spacial score (nSPS) is 19.0. The third kappa shape index (κ3) is 2.78. The second kappa shape index (κ2) is 6.29. The average Bonchev–Trinajstić information content (AvgIpc) is 3.19. The minimum Gasteiger partial charge on any atom is -0.424 e. The Morgan fingerprint density at radius 1 is 1.15 bits per heavy atom. The number of rotatable bonds is 3. The smallest absolute Gasteiger partial charge is 0.328 e. The number of ether oxygens (including phenoxy) is 1. The molecule has 0 bridgehead atoms. The molecule has 3 aromatic rings. The van der Waals surface area contributed by atoms with Crippen molar-refractivity contribution in [1.82, 2.24) is 23.6 Å². The van der Waals surface area contributed by atoms with Crippen LogP contribution in [0.2, 0.25) is 0 Å². The Kier molecular flexibility index (Phi) is 4.17. The summed E-state index contributed by atoms with van der Waals surface area (Å²) in [4.78, 5) is 12.2.